The smallest absolute Gasteiger partial charge is 0.255 e. The van der Waals surface area contributed by atoms with Gasteiger partial charge in [0, 0.05) is 34.1 Å². The molecular weight excluding hydrogens is 289 g/mol. The van der Waals surface area contributed by atoms with Crippen LogP contribution in [0.2, 0.25) is 0 Å². The highest BCUT2D eigenvalue weighted by atomic mass is 32.2. The molecule has 0 aromatic heterocycles. The first-order valence-electron chi connectivity index (χ1n) is 6.43. The summed E-state index contributed by atoms with van der Waals surface area (Å²) in [4.78, 5) is 12.1. The first kappa shape index (κ1) is 15.4. The molecule has 0 radical (unpaired) electrons. The Morgan fingerprint density at radius 1 is 1.19 bits per heavy atom. The maximum atomic E-state index is 12.9. The number of benzene rings is 2. The van der Waals surface area contributed by atoms with Gasteiger partial charge in [0.05, 0.1) is 0 Å². The Labute approximate surface area is 125 Å². The average molecular weight is 305 g/mol. The number of hydrogen-bond donors (Lipinski definition) is 1. The zero-order valence-corrected chi connectivity index (χ0v) is 12.7. The minimum atomic E-state index is -0.941. The second-order valence-corrected chi connectivity index (χ2v) is 6.20. The largest absolute Gasteiger partial charge is 0.322 e. The van der Waals surface area contributed by atoms with Gasteiger partial charge in [-0.1, -0.05) is 12.1 Å². The molecule has 5 heteroatoms. The van der Waals surface area contributed by atoms with Gasteiger partial charge in [-0.2, -0.15) is 0 Å². The van der Waals surface area contributed by atoms with E-state index >= 15 is 0 Å². The summed E-state index contributed by atoms with van der Waals surface area (Å²) in [7, 11) is -0.941. The summed E-state index contributed by atoms with van der Waals surface area (Å²) in [5, 5.41) is 2.80. The summed E-state index contributed by atoms with van der Waals surface area (Å²) in [6.07, 6.45) is 1.64. The first-order valence-corrected chi connectivity index (χ1v) is 8.15. The van der Waals surface area contributed by atoms with Crippen LogP contribution in [0.25, 0.3) is 0 Å². The zero-order chi connectivity index (χ0) is 15.4. The molecule has 0 bridgehead atoms. The minimum absolute atomic E-state index is 0.298. The second kappa shape index (κ2) is 6.63. The predicted molar refractivity (Wildman–Crippen MR) is 83.3 cm³/mol. The summed E-state index contributed by atoms with van der Waals surface area (Å²) in [5.41, 5.74) is 2.89. The van der Waals surface area contributed by atoms with E-state index in [0.717, 1.165) is 11.1 Å². The molecule has 2 aromatic carbocycles. The molecule has 1 atom stereocenters. The average Bonchev–Trinajstić information content (AvgIpc) is 2.43. The molecule has 0 spiro atoms. The quantitative estimate of drug-likeness (QED) is 0.942. The lowest BCUT2D eigenvalue weighted by Crippen LogP contribution is -2.13. The number of carbonyl (C=O) groups is 1. The third-order valence-electron chi connectivity index (χ3n) is 3.16. The van der Waals surface area contributed by atoms with Crippen LogP contribution in [0.1, 0.15) is 21.5 Å². The first-order chi connectivity index (χ1) is 9.97. The number of nitrogens with one attached hydrogen (secondary N) is 1. The highest BCUT2D eigenvalue weighted by Crippen LogP contribution is 2.21. The number of rotatable bonds is 4. The van der Waals surface area contributed by atoms with Crippen molar-refractivity contribution in [3.63, 3.8) is 0 Å². The van der Waals surface area contributed by atoms with E-state index in [2.05, 4.69) is 5.32 Å². The maximum Gasteiger partial charge on any atom is 0.255 e. The Morgan fingerprint density at radius 2 is 1.86 bits per heavy atom. The van der Waals surface area contributed by atoms with E-state index in [-0.39, 0.29) is 11.7 Å². The van der Waals surface area contributed by atoms with E-state index in [0.29, 0.717) is 17.0 Å². The van der Waals surface area contributed by atoms with E-state index in [4.69, 9.17) is 0 Å². The Kier molecular flexibility index (Phi) is 4.85. The lowest BCUT2D eigenvalue weighted by molar-refractivity contribution is 0.102. The van der Waals surface area contributed by atoms with Crippen molar-refractivity contribution in [2.75, 3.05) is 11.6 Å². The molecule has 0 aliphatic carbocycles. The fourth-order valence-corrected chi connectivity index (χ4v) is 2.74. The van der Waals surface area contributed by atoms with Crippen LogP contribution in [0.4, 0.5) is 10.1 Å². The molecule has 21 heavy (non-hydrogen) atoms. The van der Waals surface area contributed by atoms with Crippen molar-refractivity contribution >= 4 is 22.4 Å². The van der Waals surface area contributed by atoms with Gasteiger partial charge < -0.3 is 5.32 Å². The van der Waals surface area contributed by atoms with Gasteiger partial charge in [0.15, 0.2) is 0 Å². The molecule has 0 fully saturated rings. The Bertz CT molecular complexity index is 683. The summed E-state index contributed by atoms with van der Waals surface area (Å²) >= 11 is 0. The Balaban J connectivity index is 2.21. The third kappa shape index (κ3) is 3.98. The van der Waals surface area contributed by atoms with Crippen molar-refractivity contribution in [2.45, 2.75) is 12.7 Å². The second-order valence-electron chi connectivity index (χ2n) is 4.77. The van der Waals surface area contributed by atoms with Crippen molar-refractivity contribution < 1.29 is 13.4 Å². The van der Waals surface area contributed by atoms with E-state index in [1.807, 2.05) is 19.1 Å². The molecule has 0 heterocycles. The van der Waals surface area contributed by atoms with Crippen LogP contribution in [-0.4, -0.2) is 16.4 Å². The summed E-state index contributed by atoms with van der Waals surface area (Å²) < 4.78 is 24.2. The molecule has 1 N–H and O–H groups in total. The van der Waals surface area contributed by atoms with Crippen LogP contribution in [0, 0.1) is 12.7 Å². The third-order valence-corrected chi connectivity index (χ3v) is 3.88. The van der Waals surface area contributed by atoms with Gasteiger partial charge in [0.1, 0.15) is 5.82 Å². The Morgan fingerprint density at radius 3 is 2.48 bits per heavy atom. The minimum Gasteiger partial charge on any atom is -0.322 e. The van der Waals surface area contributed by atoms with E-state index in [1.165, 1.54) is 24.3 Å². The van der Waals surface area contributed by atoms with Crippen molar-refractivity contribution in [1.29, 1.82) is 0 Å². The number of anilines is 1. The summed E-state index contributed by atoms with van der Waals surface area (Å²) in [6, 6.07) is 10.9. The van der Waals surface area contributed by atoms with Gasteiger partial charge in [0.25, 0.3) is 5.91 Å². The molecule has 3 nitrogen and oxygen atoms in total. The lowest BCUT2D eigenvalue weighted by Gasteiger charge is -2.12. The normalized spacial score (nSPS) is 12.0. The fourth-order valence-electron chi connectivity index (χ4n) is 1.99. The van der Waals surface area contributed by atoms with E-state index < -0.39 is 10.8 Å². The highest BCUT2D eigenvalue weighted by Gasteiger charge is 2.10. The Hall–Kier alpha value is -2.01. The molecular formula is C16H16FNO2S. The van der Waals surface area contributed by atoms with Crippen molar-refractivity contribution in [2.24, 2.45) is 0 Å². The number of hydrogen-bond acceptors (Lipinski definition) is 2. The standard InChI is InChI=1S/C16H16FNO2S/c1-11-13(10-21(2)20)4-3-5-15(11)18-16(19)12-6-8-14(17)9-7-12/h3-9H,10H2,1-2H3,(H,18,19)/t21-/m0/s1. The molecule has 0 aliphatic rings. The molecule has 2 rings (SSSR count). The molecule has 0 aliphatic heterocycles. The number of halogens is 1. The van der Waals surface area contributed by atoms with Gasteiger partial charge in [0.2, 0.25) is 0 Å². The van der Waals surface area contributed by atoms with Crippen LogP contribution in [-0.2, 0) is 16.6 Å². The maximum absolute atomic E-state index is 12.9. The van der Waals surface area contributed by atoms with Gasteiger partial charge >= 0.3 is 0 Å². The zero-order valence-electron chi connectivity index (χ0n) is 11.9. The van der Waals surface area contributed by atoms with E-state index in [9.17, 15) is 13.4 Å². The molecule has 0 unspecified atom stereocenters. The van der Waals surface area contributed by atoms with Gasteiger partial charge in [-0.15, -0.1) is 0 Å². The SMILES string of the molecule is Cc1c(C[S@](C)=O)cccc1NC(=O)c1ccc(F)cc1. The molecule has 1 amide bonds. The number of amides is 1. The lowest BCUT2D eigenvalue weighted by atomic mass is 10.1. The van der Waals surface area contributed by atoms with Gasteiger partial charge in [-0.05, 0) is 48.4 Å². The van der Waals surface area contributed by atoms with E-state index in [1.54, 1.807) is 12.3 Å². The summed E-state index contributed by atoms with van der Waals surface area (Å²) in [6.45, 7) is 1.88. The van der Waals surface area contributed by atoms with Crippen molar-refractivity contribution in [3.05, 3.63) is 65.0 Å². The molecule has 0 saturated carbocycles. The predicted octanol–water partition coefficient (Wildman–Crippen LogP) is 3.26. The monoisotopic (exact) mass is 305 g/mol. The fraction of sp³-hybridized carbons (Fsp3) is 0.188. The van der Waals surface area contributed by atoms with Crippen molar-refractivity contribution in [1.82, 2.24) is 0 Å². The van der Waals surface area contributed by atoms with Crippen LogP contribution in [0.3, 0.4) is 0 Å². The van der Waals surface area contributed by atoms with Crippen molar-refractivity contribution in [3.8, 4) is 0 Å². The summed E-state index contributed by atoms with van der Waals surface area (Å²) in [5.74, 6) is -0.227. The van der Waals surface area contributed by atoms with Gasteiger partial charge in [-0.3, -0.25) is 9.00 Å². The van der Waals surface area contributed by atoms with Crippen LogP contribution in [0.5, 0.6) is 0 Å². The molecule has 110 valence electrons. The number of carbonyl (C=O) groups excluding carboxylic acids is 1. The topological polar surface area (TPSA) is 46.2 Å². The molecule has 0 saturated heterocycles. The van der Waals surface area contributed by atoms with Gasteiger partial charge in [-0.25, -0.2) is 4.39 Å². The van der Waals surface area contributed by atoms with Crippen LogP contribution in [0.15, 0.2) is 42.5 Å². The molecule has 2 aromatic rings. The van der Waals surface area contributed by atoms with Crippen LogP contribution < -0.4 is 5.32 Å². The van der Waals surface area contributed by atoms with Crippen LogP contribution >= 0.6 is 0 Å². The highest BCUT2D eigenvalue weighted by molar-refractivity contribution is 7.83.